The number of carbonyl (C=O) groups is 1. The molecule has 0 saturated carbocycles. The largest absolute Gasteiger partial charge is 0.319 e. The lowest BCUT2D eigenvalue weighted by molar-refractivity contribution is -0.384. The van der Waals surface area contributed by atoms with Gasteiger partial charge in [0.2, 0.25) is 5.91 Å². The van der Waals surface area contributed by atoms with Gasteiger partial charge in [-0.25, -0.2) is 0 Å². The average Bonchev–Trinajstić information content (AvgIpc) is 2.86. The second kappa shape index (κ2) is 5.36. The fourth-order valence-corrected chi connectivity index (χ4v) is 2.18. The molecule has 1 amide bonds. The minimum absolute atomic E-state index is 0.0607. The molecule has 1 fully saturated rings. The Morgan fingerprint density at radius 3 is 2.68 bits per heavy atom. The maximum absolute atomic E-state index is 12.0. The standard InChI is InChI=1S/C13H17N3O3/c1-8-6-11(12(16(18)19)7-9(8)2)15-13(17)10-4-3-5-14-10/h6-7,10,14H,3-5H2,1-2H3,(H,15,17)/t10-/m1/s1. The van der Waals surface area contributed by atoms with E-state index < -0.39 is 4.92 Å². The van der Waals surface area contributed by atoms with Crippen molar-refractivity contribution in [2.24, 2.45) is 0 Å². The van der Waals surface area contributed by atoms with Crippen molar-refractivity contribution in [3.8, 4) is 0 Å². The molecule has 1 heterocycles. The van der Waals surface area contributed by atoms with Crippen LogP contribution in [0.3, 0.4) is 0 Å². The quantitative estimate of drug-likeness (QED) is 0.644. The third-order valence-corrected chi connectivity index (χ3v) is 3.44. The van der Waals surface area contributed by atoms with Gasteiger partial charge in [0.15, 0.2) is 0 Å². The molecule has 102 valence electrons. The summed E-state index contributed by atoms with van der Waals surface area (Å²) < 4.78 is 0. The van der Waals surface area contributed by atoms with Crippen molar-refractivity contribution < 1.29 is 9.72 Å². The maximum atomic E-state index is 12.0. The number of nitrogens with zero attached hydrogens (tertiary/aromatic N) is 1. The van der Waals surface area contributed by atoms with Crippen LogP contribution in [0, 0.1) is 24.0 Å². The molecular formula is C13H17N3O3. The SMILES string of the molecule is Cc1cc(NC(=O)[C@H]2CCCN2)c([N+](=O)[O-])cc1C. The first kappa shape index (κ1) is 13.5. The van der Waals surface area contributed by atoms with Crippen molar-refractivity contribution in [2.45, 2.75) is 32.7 Å². The number of hydrogen-bond acceptors (Lipinski definition) is 4. The van der Waals surface area contributed by atoms with E-state index in [1.807, 2.05) is 13.8 Å². The molecule has 2 rings (SSSR count). The van der Waals surface area contributed by atoms with Crippen molar-refractivity contribution in [3.63, 3.8) is 0 Å². The van der Waals surface area contributed by atoms with Gasteiger partial charge >= 0.3 is 0 Å². The molecule has 2 N–H and O–H groups in total. The topological polar surface area (TPSA) is 84.3 Å². The van der Waals surface area contributed by atoms with E-state index in [4.69, 9.17) is 0 Å². The van der Waals surface area contributed by atoms with E-state index in [-0.39, 0.29) is 23.3 Å². The first-order chi connectivity index (χ1) is 8.99. The number of nitro benzene ring substituents is 1. The number of amides is 1. The molecule has 19 heavy (non-hydrogen) atoms. The van der Waals surface area contributed by atoms with Crippen LogP contribution in [0.25, 0.3) is 0 Å². The molecule has 1 aromatic carbocycles. The average molecular weight is 263 g/mol. The van der Waals surface area contributed by atoms with Gasteiger partial charge in [0.25, 0.3) is 5.69 Å². The van der Waals surface area contributed by atoms with Gasteiger partial charge in [0, 0.05) is 6.07 Å². The molecule has 1 atom stereocenters. The summed E-state index contributed by atoms with van der Waals surface area (Å²) >= 11 is 0. The third-order valence-electron chi connectivity index (χ3n) is 3.44. The fraction of sp³-hybridized carbons (Fsp3) is 0.462. The molecule has 6 nitrogen and oxygen atoms in total. The van der Waals surface area contributed by atoms with Gasteiger partial charge in [0.05, 0.1) is 11.0 Å². The zero-order valence-corrected chi connectivity index (χ0v) is 11.0. The van der Waals surface area contributed by atoms with Crippen LogP contribution in [0.4, 0.5) is 11.4 Å². The summed E-state index contributed by atoms with van der Waals surface area (Å²) in [6.07, 6.45) is 1.72. The van der Waals surface area contributed by atoms with Gasteiger partial charge in [-0.05, 0) is 50.4 Å². The van der Waals surface area contributed by atoms with E-state index in [0.717, 1.165) is 30.5 Å². The van der Waals surface area contributed by atoms with Crippen LogP contribution in [0.15, 0.2) is 12.1 Å². The van der Waals surface area contributed by atoms with Crippen LogP contribution in [0.2, 0.25) is 0 Å². The highest BCUT2D eigenvalue weighted by Gasteiger charge is 2.24. The molecule has 1 saturated heterocycles. The van der Waals surface area contributed by atoms with Crippen molar-refractivity contribution in [1.82, 2.24) is 5.32 Å². The number of nitro groups is 1. The summed E-state index contributed by atoms with van der Waals surface area (Å²) in [6.45, 7) is 4.49. The lowest BCUT2D eigenvalue weighted by Gasteiger charge is -2.12. The van der Waals surface area contributed by atoms with Crippen molar-refractivity contribution in [2.75, 3.05) is 11.9 Å². The summed E-state index contributed by atoms with van der Waals surface area (Å²) in [5, 5.41) is 16.8. The minimum Gasteiger partial charge on any atom is -0.319 e. The first-order valence-electron chi connectivity index (χ1n) is 6.29. The molecule has 0 bridgehead atoms. The van der Waals surface area contributed by atoms with E-state index in [1.54, 1.807) is 6.07 Å². The minimum atomic E-state index is -0.468. The molecule has 0 spiro atoms. The van der Waals surface area contributed by atoms with Gasteiger partial charge in [-0.1, -0.05) is 0 Å². The molecule has 1 aliphatic rings. The number of carbonyl (C=O) groups excluding carboxylic acids is 1. The summed E-state index contributed by atoms with van der Waals surface area (Å²) in [6, 6.07) is 2.90. The highest BCUT2D eigenvalue weighted by molar-refractivity contribution is 5.97. The van der Waals surface area contributed by atoms with Crippen LogP contribution in [-0.4, -0.2) is 23.4 Å². The summed E-state index contributed by atoms with van der Waals surface area (Å²) in [7, 11) is 0. The zero-order valence-electron chi connectivity index (χ0n) is 11.0. The molecule has 0 radical (unpaired) electrons. The maximum Gasteiger partial charge on any atom is 0.293 e. The van der Waals surface area contributed by atoms with Gasteiger partial charge in [-0.15, -0.1) is 0 Å². The number of rotatable bonds is 3. The van der Waals surface area contributed by atoms with E-state index in [2.05, 4.69) is 10.6 Å². The molecule has 0 aliphatic carbocycles. The Balaban J connectivity index is 2.25. The number of aryl methyl sites for hydroxylation is 2. The lowest BCUT2D eigenvalue weighted by atomic mass is 10.1. The number of nitrogens with one attached hydrogen (secondary N) is 2. The summed E-state index contributed by atoms with van der Waals surface area (Å²) in [4.78, 5) is 22.5. The van der Waals surface area contributed by atoms with Crippen LogP contribution in [0.5, 0.6) is 0 Å². The highest BCUT2D eigenvalue weighted by Crippen LogP contribution is 2.28. The normalized spacial score (nSPS) is 18.3. The predicted molar refractivity (Wildman–Crippen MR) is 72.2 cm³/mol. The Morgan fingerprint density at radius 1 is 1.42 bits per heavy atom. The van der Waals surface area contributed by atoms with Gasteiger partial charge in [0.1, 0.15) is 5.69 Å². The smallest absolute Gasteiger partial charge is 0.293 e. The molecular weight excluding hydrogens is 246 g/mol. The Bertz CT molecular complexity index is 522. The second-order valence-electron chi connectivity index (χ2n) is 4.85. The van der Waals surface area contributed by atoms with Gasteiger partial charge < -0.3 is 10.6 Å². The summed E-state index contributed by atoms with van der Waals surface area (Å²) in [5.74, 6) is -0.205. The van der Waals surface area contributed by atoms with E-state index in [9.17, 15) is 14.9 Å². The summed E-state index contributed by atoms with van der Waals surface area (Å²) in [5.41, 5.74) is 1.96. The fourth-order valence-electron chi connectivity index (χ4n) is 2.18. The van der Waals surface area contributed by atoms with Crippen LogP contribution < -0.4 is 10.6 Å². The predicted octanol–water partition coefficient (Wildman–Crippen LogP) is 1.90. The number of hydrogen-bond donors (Lipinski definition) is 2. The Morgan fingerprint density at radius 2 is 2.11 bits per heavy atom. The van der Waals surface area contributed by atoms with E-state index in [0.29, 0.717) is 0 Å². The molecule has 1 aromatic rings. The van der Waals surface area contributed by atoms with Crippen LogP contribution in [0.1, 0.15) is 24.0 Å². The molecule has 0 aromatic heterocycles. The van der Waals surface area contributed by atoms with Gasteiger partial charge in [-0.3, -0.25) is 14.9 Å². The highest BCUT2D eigenvalue weighted by atomic mass is 16.6. The lowest BCUT2D eigenvalue weighted by Crippen LogP contribution is -2.35. The molecule has 1 aliphatic heterocycles. The molecule has 6 heteroatoms. The number of benzene rings is 1. The Labute approximate surface area is 111 Å². The van der Waals surface area contributed by atoms with E-state index in [1.165, 1.54) is 6.07 Å². The second-order valence-corrected chi connectivity index (χ2v) is 4.85. The van der Waals surface area contributed by atoms with Crippen molar-refractivity contribution in [1.29, 1.82) is 0 Å². The third kappa shape index (κ3) is 2.90. The Kier molecular flexibility index (Phi) is 3.80. The van der Waals surface area contributed by atoms with E-state index >= 15 is 0 Å². The van der Waals surface area contributed by atoms with Gasteiger partial charge in [-0.2, -0.15) is 0 Å². The Hall–Kier alpha value is -1.95. The van der Waals surface area contributed by atoms with Crippen molar-refractivity contribution in [3.05, 3.63) is 33.4 Å². The molecule has 0 unspecified atom stereocenters. The first-order valence-corrected chi connectivity index (χ1v) is 6.29. The van der Waals surface area contributed by atoms with Crippen molar-refractivity contribution >= 4 is 17.3 Å². The van der Waals surface area contributed by atoms with Crippen LogP contribution >= 0.6 is 0 Å². The monoisotopic (exact) mass is 263 g/mol. The zero-order chi connectivity index (χ0) is 14.0. The number of anilines is 1. The van der Waals surface area contributed by atoms with Crippen LogP contribution in [-0.2, 0) is 4.79 Å².